The number of hydrogen-bond acceptors (Lipinski definition) is 6. The number of fused-ring (bicyclic) bond motifs is 1. The molecule has 3 heterocycles. The SMILES string of the molecule is Cc1cc(OC2CC3(CCN(CC(=O)Nc4ccc5c(C6CCC(=O)NC6=O)nn(C)c5c4)CC3)C2)ccc1Br. The van der Waals surface area contributed by atoms with Crippen LogP contribution in [0.5, 0.6) is 5.75 Å². The fourth-order valence-corrected chi connectivity index (χ4v) is 6.69. The number of likely N-dealkylation sites (tertiary alicyclic amines) is 1. The van der Waals surface area contributed by atoms with Crippen LogP contribution in [0.4, 0.5) is 5.69 Å². The Morgan fingerprint density at radius 2 is 1.95 bits per heavy atom. The maximum Gasteiger partial charge on any atom is 0.238 e. The zero-order valence-electron chi connectivity index (χ0n) is 22.8. The van der Waals surface area contributed by atoms with Gasteiger partial charge in [0.25, 0.3) is 0 Å². The number of carbonyl (C=O) groups is 3. The van der Waals surface area contributed by atoms with E-state index in [-0.39, 0.29) is 23.8 Å². The van der Waals surface area contributed by atoms with Gasteiger partial charge in [-0.3, -0.25) is 29.3 Å². The molecule has 1 atom stereocenters. The summed E-state index contributed by atoms with van der Waals surface area (Å²) in [6.07, 6.45) is 5.35. The van der Waals surface area contributed by atoms with Crippen molar-refractivity contribution >= 4 is 50.2 Å². The molecule has 1 saturated carbocycles. The zero-order valence-corrected chi connectivity index (χ0v) is 24.4. The van der Waals surface area contributed by atoms with E-state index in [0.29, 0.717) is 36.2 Å². The first-order valence-corrected chi connectivity index (χ1v) is 14.7. The third-order valence-electron chi connectivity index (χ3n) is 8.77. The average Bonchev–Trinajstić information content (AvgIpc) is 3.22. The maximum absolute atomic E-state index is 12.9. The van der Waals surface area contributed by atoms with Crippen LogP contribution in [0, 0.1) is 12.3 Å². The number of imide groups is 1. The minimum atomic E-state index is -0.452. The largest absolute Gasteiger partial charge is 0.490 e. The van der Waals surface area contributed by atoms with Gasteiger partial charge in [-0.25, -0.2) is 0 Å². The van der Waals surface area contributed by atoms with Crippen LogP contribution in [-0.2, 0) is 21.4 Å². The number of halogens is 1. The van der Waals surface area contributed by atoms with Crippen LogP contribution in [-0.4, -0.2) is 58.1 Å². The number of piperidine rings is 2. The van der Waals surface area contributed by atoms with E-state index in [4.69, 9.17) is 4.74 Å². The highest BCUT2D eigenvalue weighted by molar-refractivity contribution is 9.10. The molecule has 3 aromatic rings. The lowest BCUT2D eigenvalue weighted by Crippen LogP contribution is -2.51. The van der Waals surface area contributed by atoms with Crippen molar-refractivity contribution in [1.82, 2.24) is 20.0 Å². The second kappa shape index (κ2) is 10.6. The Hall–Kier alpha value is -3.24. The summed E-state index contributed by atoms with van der Waals surface area (Å²) >= 11 is 3.54. The normalized spacial score (nSPS) is 21.3. The minimum Gasteiger partial charge on any atom is -0.490 e. The third-order valence-corrected chi connectivity index (χ3v) is 9.66. The van der Waals surface area contributed by atoms with Crippen molar-refractivity contribution in [1.29, 1.82) is 0 Å². The topological polar surface area (TPSA) is 106 Å². The fourth-order valence-electron chi connectivity index (χ4n) is 6.44. The van der Waals surface area contributed by atoms with E-state index >= 15 is 0 Å². The summed E-state index contributed by atoms with van der Waals surface area (Å²) in [4.78, 5) is 39.1. The molecule has 1 spiro atoms. The van der Waals surface area contributed by atoms with Crippen LogP contribution in [0.1, 0.15) is 55.7 Å². The molecule has 3 aliphatic rings. The summed E-state index contributed by atoms with van der Waals surface area (Å²) in [6, 6.07) is 11.8. The Balaban J connectivity index is 1.00. The molecule has 6 rings (SSSR count). The fraction of sp³-hybridized carbons (Fsp3) is 0.467. The molecular formula is C30H34BrN5O4. The van der Waals surface area contributed by atoms with Crippen LogP contribution in [0.25, 0.3) is 10.9 Å². The van der Waals surface area contributed by atoms with Gasteiger partial charge in [-0.2, -0.15) is 5.10 Å². The molecule has 2 saturated heterocycles. The standard InChI is InChI=1S/C30H34BrN5O4/c1-18-13-20(4-7-24(18)31)40-21-15-30(16-21)9-11-36(12-10-30)17-27(38)32-19-3-5-22-25(14-19)35(2)34-28(22)23-6-8-26(37)33-29(23)39/h3-5,7,13-14,21,23H,6,8-12,15-17H2,1-2H3,(H,32,38)(H,33,37,39). The third kappa shape index (κ3) is 5.39. The highest BCUT2D eigenvalue weighted by atomic mass is 79.9. The van der Waals surface area contributed by atoms with Crippen molar-refractivity contribution in [3.63, 3.8) is 0 Å². The molecule has 2 aliphatic heterocycles. The predicted octanol–water partition coefficient (Wildman–Crippen LogP) is 4.43. The molecule has 40 heavy (non-hydrogen) atoms. The molecule has 9 nitrogen and oxygen atoms in total. The first-order chi connectivity index (χ1) is 19.2. The molecule has 0 bridgehead atoms. The van der Waals surface area contributed by atoms with Crippen molar-refractivity contribution in [2.75, 3.05) is 25.0 Å². The number of rotatable bonds is 6. The zero-order chi connectivity index (χ0) is 28.0. The number of aryl methyl sites for hydroxylation is 2. The lowest BCUT2D eigenvalue weighted by Gasteiger charge is -2.51. The monoisotopic (exact) mass is 607 g/mol. The summed E-state index contributed by atoms with van der Waals surface area (Å²) in [5.74, 6) is -0.101. The van der Waals surface area contributed by atoms with E-state index in [1.807, 2.05) is 37.4 Å². The molecule has 210 valence electrons. The Kier molecular flexibility index (Phi) is 7.16. The number of nitrogens with zero attached hydrogens (tertiary/aromatic N) is 3. The summed E-state index contributed by atoms with van der Waals surface area (Å²) in [7, 11) is 1.82. The highest BCUT2D eigenvalue weighted by Crippen LogP contribution is 2.50. The Bertz CT molecular complexity index is 1480. The number of benzene rings is 2. The van der Waals surface area contributed by atoms with Crippen LogP contribution in [0.3, 0.4) is 0 Å². The maximum atomic E-state index is 12.9. The predicted molar refractivity (Wildman–Crippen MR) is 155 cm³/mol. The molecular weight excluding hydrogens is 574 g/mol. The average molecular weight is 609 g/mol. The van der Waals surface area contributed by atoms with Crippen LogP contribution in [0.15, 0.2) is 40.9 Å². The molecule has 0 radical (unpaired) electrons. The Labute approximate surface area is 241 Å². The lowest BCUT2D eigenvalue weighted by molar-refractivity contribution is -0.134. The van der Waals surface area contributed by atoms with Crippen molar-refractivity contribution < 1.29 is 19.1 Å². The molecule has 3 amide bonds. The molecule has 1 unspecified atom stereocenters. The van der Waals surface area contributed by atoms with E-state index in [1.54, 1.807) is 4.68 Å². The molecule has 3 fully saturated rings. The Morgan fingerprint density at radius 1 is 1.18 bits per heavy atom. The van der Waals surface area contributed by atoms with Gasteiger partial charge in [0, 0.05) is 29.0 Å². The van der Waals surface area contributed by atoms with Crippen molar-refractivity contribution in [3.05, 3.63) is 52.1 Å². The van der Waals surface area contributed by atoms with Gasteiger partial charge < -0.3 is 10.1 Å². The number of hydrogen-bond donors (Lipinski definition) is 2. The van der Waals surface area contributed by atoms with Gasteiger partial charge >= 0.3 is 0 Å². The van der Waals surface area contributed by atoms with Gasteiger partial charge in [-0.1, -0.05) is 15.9 Å². The second-order valence-corrected chi connectivity index (χ2v) is 12.5. The van der Waals surface area contributed by atoms with Gasteiger partial charge in [0.1, 0.15) is 5.75 Å². The van der Waals surface area contributed by atoms with Gasteiger partial charge in [-0.05, 0) is 99.5 Å². The van der Waals surface area contributed by atoms with E-state index < -0.39 is 5.92 Å². The molecule has 1 aromatic heterocycles. The van der Waals surface area contributed by atoms with Gasteiger partial charge in [0.15, 0.2) is 0 Å². The van der Waals surface area contributed by atoms with Crippen molar-refractivity contribution in [2.45, 2.75) is 57.5 Å². The number of nitrogens with one attached hydrogen (secondary N) is 2. The van der Waals surface area contributed by atoms with E-state index in [0.717, 1.165) is 59.9 Å². The molecule has 10 heteroatoms. The summed E-state index contributed by atoms with van der Waals surface area (Å²) < 4.78 is 9.04. The number of aromatic nitrogens is 2. The molecule has 1 aliphatic carbocycles. The number of anilines is 1. The molecule has 2 aromatic carbocycles. The van der Waals surface area contributed by atoms with Crippen LogP contribution < -0.4 is 15.4 Å². The van der Waals surface area contributed by atoms with Gasteiger partial charge in [0.2, 0.25) is 17.7 Å². The minimum absolute atomic E-state index is 0.0386. The highest BCUT2D eigenvalue weighted by Gasteiger charge is 2.47. The Morgan fingerprint density at radius 3 is 2.67 bits per heavy atom. The van der Waals surface area contributed by atoms with E-state index in [9.17, 15) is 14.4 Å². The lowest BCUT2D eigenvalue weighted by atomic mass is 9.61. The van der Waals surface area contributed by atoms with Gasteiger partial charge in [-0.15, -0.1) is 0 Å². The van der Waals surface area contributed by atoms with Crippen molar-refractivity contribution in [2.24, 2.45) is 12.5 Å². The number of ether oxygens (including phenoxy) is 1. The van der Waals surface area contributed by atoms with Crippen LogP contribution in [0.2, 0.25) is 0 Å². The quantitative estimate of drug-likeness (QED) is 0.402. The van der Waals surface area contributed by atoms with Crippen LogP contribution >= 0.6 is 15.9 Å². The summed E-state index contributed by atoms with van der Waals surface area (Å²) in [5.41, 5.74) is 3.71. The van der Waals surface area contributed by atoms with E-state index in [2.05, 4.69) is 49.6 Å². The number of carbonyl (C=O) groups excluding carboxylic acids is 3. The summed E-state index contributed by atoms with van der Waals surface area (Å²) in [5, 5.41) is 10.9. The summed E-state index contributed by atoms with van der Waals surface area (Å²) in [6.45, 7) is 4.25. The van der Waals surface area contributed by atoms with Gasteiger partial charge in [0.05, 0.1) is 29.8 Å². The van der Waals surface area contributed by atoms with E-state index in [1.165, 1.54) is 5.56 Å². The van der Waals surface area contributed by atoms with Crippen molar-refractivity contribution in [3.8, 4) is 5.75 Å². The molecule has 2 N–H and O–H groups in total. The smallest absolute Gasteiger partial charge is 0.238 e. The number of amides is 3. The first kappa shape index (κ1) is 27.0. The first-order valence-electron chi connectivity index (χ1n) is 13.9. The second-order valence-electron chi connectivity index (χ2n) is 11.6.